The third-order valence-electron chi connectivity index (χ3n) is 8.74. The first-order valence-corrected chi connectivity index (χ1v) is 15.6. The number of benzene rings is 4. The predicted octanol–water partition coefficient (Wildman–Crippen LogP) is 6.49. The molecule has 0 radical (unpaired) electrons. The van der Waals surface area contributed by atoms with E-state index in [1.54, 1.807) is 35.9 Å². The van der Waals surface area contributed by atoms with Crippen molar-refractivity contribution in [1.82, 2.24) is 14.7 Å². The first-order chi connectivity index (χ1) is 22.5. The van der Waals surface area contributed by atoms with E-state index in [1.807, 2.05) is 102 Å². The minimum Gasteiger partial charge on any atom is -0.465 e. The molecule has 2 aliphatic rings. The Morgan fingerprint density at radius 3 is 2.04 bits per heavy atom. The lowest BCUT2D eigenvalue weighted by atomic mass is 9.86. The number of rotatable bonds is 8. The Labute approximate surface area is 271 Å². The standard InChI is InChI=1S/C37H31ClN4O4/c1-2-46-37(45)34-31-30(35(43)42(36(31)44)28-20-18-26(38)19-21-28)33(40(34)22-24-12-6-3-7-13-24)29-23-41(27-16-10-5-11-17-27)39-32(29)25-14-8-4-9-15-25/h3-21,23,30-31,33-34H,2,22H2,1H3/t30-,31+,33-,34?/m0/s1. The molecule has 1 aromatic heterocycles. The van der Waals surface area contributed by atoms with Gasteiger partial charge >= 0.3 is 5.97 Å². The van der Waals surface area contributed by atoms with E-state index < -0.39 is 35.8 Å². The molecular formula is C37H31ClN4O4. The van der Waals surface area contributed by atoms with Crippen molar-refractivity contribution >= 4 is 35.1 Å². The third-order valence-corrected chi connectivity index (χ3v) is 8.99. The van der Waals surface area contributed by atoms with Crippen LogP contribution in [-0.4, -0.2) is 45.1 Å². The molecule has 2 amide bonds. The van der Waals surface area contributed by atoms with E-state index in [2.05, 4.69) is 0 Å². The Kier molecular flexibility index (Phi) is 7.98. The van der Waals surface area contributed by atoms with Gasteiger partial charge in [0, 0.05) is 28.9 Å². The maximum atomic E-state index is 14.6. The summed E-state index contributed by atoms with van der Waals surface area (Å²) in [5, 5.41) is 5.52. The molecule has 0 N–H and O–H groups in total. The molecule has 2 fully saturated rings. The maximum Gasteiger partial charge on any atom is 0.324 e. The summed E-state index contributed by atoms with van der Waals surface area (Å²) in [6.07, 6.45) is 1.92. The van der Waals surface area contributed by atoms with E-state index >= 15 is 0 Å². The van der Waals surface area contributed by atoms with E-state index in [1.165, 1.54) is 4.90 Å². The second kappa shape index (κ2) is 12.4. The van der Waals surface area contributed by atoms with Crippen molar-refractivity contribution in [1.29, 1.82) is 0 Å². The number of likely N-dealkylation sites (tertiary alicyclic amines) is 1. The van der Waals surface area contributed by atoms with Crippen LogP contribution < -0.4 is 4.90 Å². The number of para-hydroxylation sites is 1. The second-order valence-electron chi connectivity index (χ2n) is 11.4. The number of imide groups is 1. The lowest BCUT2D eigenvalue weighted by Crippen LogP contribution is -2.46. The van der Waals surface area contributed by atoms with Gasteiger partial charge in [-0.15, -0.1) is 0 Å². The molecule has 230 valence electrons. The van der Waals surface area contributed by atoms with Gasteiger partial charge < -0.3 is 4.74 Å². The number of ether oxygens (including phenoxy) is 1. The summed E-state index contributed by atoms with van der Waals surface area (Å²) < 4.78 is 7.41. The molecule has 4 aromatic carbocycles. The fourth-order valence-corrected chi connectivity index (χ4v) is 6.94. The molecule has 4 atom stereocenters. The van der Waals surface area contributed by atoms with Gasteiger partial charge in [0.25, 0.3) is 0 Å². The summed E-state index contributed by atoms with van der Waals surface area (Å²) in [6.45, 7) is 2.19. The fraction of sp³-hybridized carbons (Fsp3) is 0.189. The minimum atomic E-state index is -1.01. The van der Waals surface area contributed by atoms with Crippen LogP contribution in [0.4, 0.5) is 5.69 Å². The number of anilines is 1. The van der Waals surface area contributed by atoms with Gasteiger partial charge in [0.2, 0.25) is 11.8 Å². The average molecular weight is 631 g/mol. The number of carbonyl (C=O) groups is 3. The number of esters is 1. The largest absolute Gasteiger partial charge is 0.465 e. The number of carbonyl (C=O) groups excluding carboxylic acids is 3. The molecule has 0 spiro atoms. The van der Waals surface area contributed by atoms with Gasteiger partial charge in [-0.05, 0) is 48.9 Å². The molecule has 0 bridgehead atoms. The summed E-state index contributed by atoms with van der Waals surface area (Å²) in [5.74, 6) is -3.20. The molecule has 0 saturated carbocycles. The molecule has 9 heteroatoms. The zero-order valence-electron chi connectivity index (χ0n) is 25.1. The third kappa shape index (κ3) is 5.19. The number of hydrogen-bond acceptors (Lipinski definition) is 6. The quantitative estimate of drug-likeness (QED) is 0.144. The molecule has 5 aromatic rings. The van der Waals surface area contributed by atoms with Crippen LogP contribution >= 0.6 is 11.6 Å². The van der Waals surface area contributed by atoms with Crippen molar-refractivity contribution in [2.24, 2.45) is 11.8 Å². The summed E-state index contributed by atoms with van der Waals surface area (Å²) in [5.41, 5.74) is 4.46. The highest BCUT2D eigenvalue weighted by Gasteiger charge is 2.65. The van der Waals surface area contributed by atoms with Crippen LogP contribution in [0.5, 0.6) is 0 Å². The SMILES string of the molecule is CCOC(=O)C1[C@@H]2C(=O)N(c3ccc(Cl)cc3)C(=O)[C@@H]2[C@H](c2cn(-c3ccccc3)nc2-c2ccccc2)N1Cc1ccccc1. The first kappa shape index (κ1) is 29.6. The number of hydrogen-bond donors (Lipinski definition) is 0. The Morgan fingerprint density at radius 1 is 0.783 bits per heavy atom. The van der Waals surface area contributed by atoms with Crippen molar-refractivity contribution in [2.45, 2.75) is 25.6 Å². The summed E-state index contributed by atoms with van der Waals surface area (Å²) >= 11 is 6.15. The molecule has 8 nitrogen and oxygen atoms in total. The smallest absolute Gasteiger partial charge is 0.324 e. The van der Waals surface area contributed by atoms with Crippen molar-refractivity contribution in [3.05, 3.63) is 138 Å². The highest BCUT2D eigenvalue weighted by atomic mass is 35.5. The van der Waals surface area contributed by atoms with Gasteiger partial charge in [0.05, 0.1) is 41.6 Å². The number of fused-ring (bicyclic) bond motifs is 1. The van der Waals surface area contributed by atoms with Crippen LogP contribution in [-0.2, 0) is 25.7 Å². The fourth-order valence-electron chi connectivity index (χ4n) is 6.82. The molecule has 2 aliphatic heterocycles. The first-order valence-electron chi connectivity index (χ1n) is 15.3. The Morgan fingerprint density at radius 2 is 1.39 bits per heavy atom. The summed E-state index contributed by atoms with van der Waals surface area (Å²) in [7, 11) is 0. The van der Waals surface area contributed by atoms with Crippen LogP contribution in [0.2, 0.25) is 5.02 Å². The number of nitrogens with zero attached hydrogens (tertiary/aromatic N) is 4. The zero-order valence-corrected chi connectivity index (χ0v) is 25.8. The molecule has 1 unspecified atom stereocenters. The van der Waals surface area contributed by atoms with Gasteiger partial charge in [0.15, 0.2) is 0 Å². The predicted molar refractivity (Wildman–Crippen MR) is 175 cm³/mol. The van der Waals surface area contributed by atoms with Crippen molar-refractivity contribution in [2.75, 3.05) is 11.5 Å². The van der Waals surface area contributed by atoms with Gasteiger partial charge in [-0.1, -0.05) is 90.5 Å². The number of aromatic nitrogens is 2. The summed E-state index contributed by atoms with van der Waals surface area (Å²) in [4.78, 5) is 46.0. The molecule has 7 rings (SSSR count). The van der Waals surface area contributed by atoms with Crippen LogP contribution in [0.25, 0.3) is 16.9 Å². The van der Waals surface area contributed by atoms with Gasteiger partial charge in [0.1, 0.15) is 6.04 Å². The van der Waals surface area contributed by atoms with Gasteiger partial charge in [-0.25, -0.2) is 9.58 Å². The monoisotopic (exact) mass is 630 g/mol. The minimum absolute atomic E-state index is 0.140. The van der Waals surface area contributed by atoms with Crippen LogP contribution in [0, 0.1) is 11.8 Å². The van der Waals surface area contributed by atoms with Gasteiger partial charge in [-0.3, -0.25) is 19.3 Å². The van der Waals surface area contributed by atoms with Crippen molar-refractivity contribution < 1.29 is 19.1 Å². The molecule has 3 heterocycles. The molecular weight excluding hydrogens is 600 g/mol. The number of halogens is 1. The van der Waals surface area contributed by atoms with Gasteiger partial charge in [-0.2, -0.15) is 5.10 Å². The van der Waals surface area contributed by atoms with E-state index in [4.69, 9.17) is 21.4 Å². The van der Waals surface area contributed by atoms with Crippen molar-refractivity contribution in [3.63, 3.8) is 0 Å². The maximum absolute atomic E-state index is 14.6. The highest BCUT2D eigenvalue weighted by molar-refractivity contribution is 6.31. The molecule has 46 heavy (non-hydrogen) atoms. The normalized spacial score (nSPS) is 21.0. The van der Waals surface area contributed by atoms with Crippen LogP contribution in [0.3, 0.4) is 0 Å². The summed E-state index contributed by atoms with van der Waals surface area (Å²) in [6, 6.07) is 34.1. The van der Waals surface area contributed by atoms with E-state index in [-0.39, 0.29) is 12.5 Å². The second-order valence-corrected chi connectivity index (χ2v) is 11.9. The number of amides is 2. The van der Waals surface area contributed by atoms with E-state index in [9.17, 15) is 14.4 Å². The Hall–Kier alpha value is -5.05. The zero-order chi connectivity index (χ0) is 31.8. The van der Waals surface area contributed by atoms with E-state index in [0.29, 0.717) is 22.9 Å². The Bertz CT molecular complexity index is 1880. The molecule has 0 aliphatic carbocycles. The van der Waals surface area contributed by atoms with Crippen molar-refractivity contribution in [3.8, 4) is 16.9 Å². The topological polar surface area (TPSA) is 84.7 Å². The highest BCUT2D eigenvalue weighted by Crippen LogP contribution is 2.53. The lowest BCUT2D eigenvalue weighted by molar-refractivity contribution is -0.152. The Balaban J connectivity index is 1.45. The molecule has 2 saturated heterocycles. The van der Waals surface area contributed by atoms with E-state index in [0.717, 1.165) is 22.4 Å². The van der Waals surface area contributed by atoms with Crippen LogP contribution in [0.15, 0.2) is 121 Å². The lowest BCUT2D eigenvalue weighted by Gasteiger charge is -2.32. The average Bonchev–Trinajstić information content (AvgIpc) is 3.74. The van der Waals surface area contributed by atoms with Crippen LogP contribution in [0.1, 0.15) is 24.1 Å².